The zero-order valence-electron chi connectivity index (χ0n) is 17.5. The summed E-state index contributed by atoms with van der Waals surface area (Å²) >= 11 is 0. The molecule has 0 fully saturated rings. The van der Waals surface area contributed by atoms with Crippen LogP contribution in [0.3, 0.4) is 0 Å². The minimum absolute atomic E-state index is 0.0236. The molecule has 0 saturated heterocycles. The summed E-state index contributed by atoms with van der Waals surface area (Å²) in [4.78, 5) is 30.3. The van der Waals surface area contributed by atoms with Gasteiger partial charge in [0, 0.05) is 58.2 Å². The Bertz CT molecular complexity index is 832. The van der Waals surface area contributed by atoms with E-state index in [1.54, 1.807) is 19.0 Å². The molecule has 7 heteroatoms. The van der Waals surface area contributed by atoms with Gasteiger partial charge in [-0.1, -0.05) is 13.8 Å². The van der Waals surface area contributed by atoms with Gasteiger partial charge in [0.25, 0.3) is 5.91 Å². The minimum Gasteiger partial charge on any atom is -0.369 e. The molecule has 7 nitrogen and oxygen atoms in total. The molecule has 2 aromatic rings. The summed E-state index contributed by atoms with van der Waals surface area (Å²) in [6, 6.07) is 2.02. The SMILES string of the molecule is Cc1cnc(N2CCc3cc(C(=O)N(C)C)c(NCC(C)C)nc3CC2)nc1. The molecule has 0 aliphatic carbocycles. The number of anilines is 2. The lowest BCUT2D eigenvalue weighted by molar-refractivity contribution is 0.0828. The normalized spacial score (nSPS) is 13.9. The van der Waals surface area contributed by atoms with Crippen LogP contribution < -0.4 is 10.2 Å². The predicted molar refractivity (Wildman–Crippen MR) is 112 cm³/mol. The van der Waals surface area contributed by atoms with Crippen LogP contribution in [0.1, 0.15) is 41.0 Å². The Hall–Kier alpha value is -2.70. The van der Waals surface area contributed by atoms with Gasteiger partial charge in [0.05, 0.1) is 5.56 Å². The van der Waals surface area contributed by atoms with Gasteiger partial charge in [0.15, 0.2) is 0 Å². The fourth-order valence-electron chi connectivity index (χ4n) is 3.22. The van der Waals surface area contributed by atoms with Crippen LogP contribution in [0.5, 0.6) is 0 Å². The number of pyridine rings is 1. The molecule has 0 atom stereocenters. The maximum Gasteiger partial charge on any atom is 0.257 e. The first-order chi connectivity index (χ1) is 13.3. The predicted octanol–water partition coefficient (Wildman–Crippen LogP) is 2.55. The van der Waals surface area contributed by atoms with Crippen molar-refractivity contribution in [2.75, 3.05) is 43.9 Å². The molecular formula is C21H30N6O. The number of carbonyl (C=O) groups is 1. The molecule has 1 aliphatic rings. The molecule has 1 N–H and O–H groups in total. The van der Waals surface area contributed by atoms with Crippen LogP contribution in [0.2, 0.25) is 0 Å². The van der Waals surface area contributed by atoms with Crippen molar-refractivity contribution in [3.8, 4) is 0 Å². The third kappa shape index (κ3) is 4.58. The molecule has 28 heavy (non-hydrogen) atoms. The summed E-state index contributed by atoms with van der Waals surface area (Å²) in [5, 5.41) is 3.37. The zero-order valence-corrected chi connectivity index (χ0v) is 17.5. The number of aryl methyl sites for hydroxylation is 1. The number of carbonyl (C=O) groups excluding carboxylic acids is 1. The van der Waals surface area contributed by atoms with Crippen molar-refractivity contribution in [2.24, 2.45) is 5.92 Å². The van der Waals surface area contributed by atoms with Gasteiger partial charge in [0.1, 0.15) is 5.82 Å². The van der Waals surface area contributed by atoms with E-state index in [4.69, 9.17) is 4.98 Å². The molecule has 1 aliphatic heterocycles. The van der Waals surface area contributed by atoms with E-state index in [-0.39, 0.29) is 5.91 Å². The minimum atomic E-state index is -0.0236. The van der Waals surface area contributed by atoms with E-state index >= 15 is 0 Å². The third-order valence-corrected chi connectivity index (χ3v) is 4.83. The zero-order chi connectivity index (χ0) is 20.3. The highest BCUT2D eigenvalue weighted by molar-refractivity contribution is 5.98. The third-order valence-electron chi connectivity index (χ3n) is 4.83. The van der Waals surface area contributed by atoms with Crippen LogP contribution in [0.25, 0.3) is 0 Å². The number of aromatic nitrogens is 3. The summed E-state index contributed by atoms with van der Waals surface area (Å²) in [5.74, 6) is 1.88. The van der Waals surface area contributed by atoms with Crippen molar-refractivity contribution in [3.05, 3.63) is 40.8 Å². The maximum atomic E-state index is 12.7. The fraction of sp³-hybridized carbons (Fsp3) is 0.524. The standard InChI is InChI=1S/C21H30N6O/c1-14(2)11-22-19-17(20(28)26(4)5)10-16-6-8-27(9-7-18(16)25-19)21-23-12-15(3)13-24-21/h10,12-14H,6-9,11H2,1-5H3,(H,22,25). The molecule has 150 valence electrons. The van der Waals surface area contributed by atoms with Crippen molar-refractivity contribution < 1.29 is 4.79 Å². The molecular weight excluding hydrogens is 352 g/mol. The Morgan fingerprint density at radius 1 is 1.21 bits per heavy atom. The molecule has 0 radical (unpaired) electrons. The summed E-state index contributed by atoms with van der Waals surface area (Å²) < 4.78 is 0. The summed E-state index contributed by atoms with van der Waals surface area (Å²) in [7, 11) is 3.55. The number of rotatable bonds is 5. The number of amides is 1. The van der Waals surface area contributed by atoms with Crippen molar-refractivity contribution >= 4 is 17.7 Å². The van der Waals surface area contributed by atoms with E-state index in [0.717, 1.165) is 55.2 Å². The summed E-state index contributed by atoms with van der Waals surface area (Å²) in [5.41, 5.74) is 3.88. The molecule has 0 spiro atoms. The first kappa shape index (κ1) is 20.0. The van der Waals surface area contributed by atoms with Gasteiger partial charge < -0.3 is 15.1 Å². The lowest BCUT2D eigenvalue weighted by Gasteiger charge is -2.19. The average Bonchev–Trinajstić information content (AvgIpc) is 2.87. The highest BCUT2D eigenvalue weighted by atomic mass is 16.2. The van der Waals surface area contributed by atoms with Crippen LogP contribution in [0.4, 0.5) is 11.8 Å². The maximum absolute atomic E-state index is 12.7. The van der Waals surface area contributed by atoms with Crippen molar-refractivity contribution in [1.29, 1.82) is 0 Å². The van der Waals surface area contributed by atoms with Gasteiger partial charge in [0.2, 0.25) is 5.95 Å². The number of nitrogens with zero attached hydrogens (tertiary/aromatic N) is 5. The van der Waals surface area contributed by atoms with E-state index in [9.17, 15) is 4.79 Å². The van der Waals surface area contributed by atoms with Gasteiger partial charge in [-0.25, -0.2) is 15.0 Å². The molecule has 2 aromatic heterocycles. The number of fused-ring (bicyclic) bond motifs is 1. The summed E-state index contributed by atoms with van der Waals surface area (Å²) in [6.07, 6.45) is 5.32. The Labute approximate surface area is 167 Å². The van der Waals surface area contributed by atoms with Crippen LogP contribution >= 0.6 is 0 Å². The Morgan fingerprint density at radius 3 is 2.54 bits per heavy atom. The average molecular weight is 383 g/mol. The van der Waals surface area contributed by atoms with Gasteiger partial charge in [-0.2, -0.15) is 0 Å². The first-order valence-corrected chi connectivity index (χ1v) is 9.87. The number of nitrogens with one attached hydrogen (secondary N) is 1. The van der Waals surface area contributed by atoms with Crippen LogP contribution in [-0.4, -0.2) is 59.5 Å². The van der Waals surface area contributed by atoms with E-state index in [1.165, 1.54) is 0 Å². The second kappa shape index (κ2) is 8.54. The topological polar surface area (TPSA) is 74.2 Å². The second-order valence-corrected chi connectivity index (χ2v) is 8.01. The van der Waals surface area contributed by atoms with E-state index in [2.05, 4.69) is 34.0 Å². The van der Waals surface area contributed by atoms with Gasteiger partial charge in [-0.05, 0) is 36.5 Å². The quantitative estimate of drug-likeness (QED) is 0.857. The van der Waals surface area contributed by atoms with E-state index in [1.807, 2.05) is 25.4 Å². The molecule has 3 rings (SSSR count). The smallest absolute Gasteiger partial charge is 0.257 e. The van der Waals surface area contributed by atoms with E-state index in [0.29, 0.717) is 17.3 Å². The Kier molecular flexibility index (Phi) is 6.11. The van der Waals surface area contributed by atoms with Crippen LogP contribution in [0, 0.1) is 12.8 Å². The summed E-state index contributed by atoms with van der Waals surface area (Å²) in [6.45, 7) is 8.68. The number of hydrogen-bond donors (Lipinski definition) is 1. The van der Waals surface area contributed by atoms with Crippen molar-refractivity contribution in [2.45, 2.75) is 33.6 Å². The lowest BCUT2D eigenvalue weighted by atomic mass is 10.0. The molecule has 0 saturated carbocycles. The highest BCUT2D eigenvalue weighted by Crippen LogP contribution is 2.24. The molecule has 0 aromatic carbocycles. The molecule has 1 amide bonds. The largest absolute Gasteiger partial charge is 0.369 e. The number of hydrogen-bond acceptors (Lipinski definition) is 6. The van der Waals surface area contributed by atoms with Crippen LogP contribution in [-0.2, 0) is 12.8 Å². The molecule has 0 bridgehead atoms. The van der Waals surface area contributed by atoms with Crippen molar-refractivity contribution in [1.82, 2.24) is 19.9 Å². The highest BCUT2D eigenvalue weighted by Gasteiger charge is 2.22. The molecule has 0 unspecified atom stereocenters. The fourth-order valence-corrected chi connectivity index (χ4v) is 3.22. The van der Waals surface area contributed by atoms with E-state index < -0.39 is 0 Å². The monoisotopic (exact) mass is 382 g/mol. The second-order valence-electron chi connectivity index (χ2n) is 8.01. The Balaban J connectivity index is 1.88. The molecule has 3 heterocycles. The lowest BCUT2D eigenvalue weighted by Crippen LogP contribution is -2.27. The van der Waals surface area contributed by atoms with Gasteiger partial charge in [-0.15, -0.1) is 0 Å². The van der Waals surface area contributed by atoms with Crippen molar-refractivity contribution in [3.63, 3.8) is 0 Å². The van der Waals surface area contributed by atoms with Gasteiger partial charge in [-0.3, -0.25) is 4.79 Å². The van der Waals surface area contributed by atoms with Gasteiger partial charge >= 0.3 is 0 Å². The van der Waals surface area contributed by atoms with Crippen LogP contribution in [0.15, 0.2) is 18.5 Å². The Morgan fingerprint density at radius 2 is 1.89 bits per heavy atom. The first-order valence-electron chi connectivity index (χ1n) is 9.87.